The van der Waals surface area contributed by atoms with Crippen molar-refractivity contribution in [1.82, 2.24) is 5.34 Å². The second-order valence-corrected chi connectivity index (χ2v) is 5.50. The lowest BCUT2D eigenvalue weighted by Crippen LogP contribution is -2.22. The monoisotopic (exact) mass is 299 g/mol. The van der Waals surface area contributed by atoms with E-state index in [0.29, 0.717) is 5.56 Å². The molecule has 5 heteroatoms. The number of benzene rings is 1. The predicted molar refractivity (Wildman–Crippen MR) is 50.0 cm³/mol. The highest BCUT2D eigenvalue weighted by molar-refractivity contribution is 9.24. The van der Waals surface area contributed by atoms with Gasteiger partial charge in [-0.25, -0.2) is 0 Å². The molecule has 0 aromatic heterocycles. The lowest BCUT2D eigenvalue weighted by molar-refractivity contribution is -0.172. The van der Waals surface area contributed by atoms with Gasteiger partial charge >= 0.3 is 0 Å². The Morgan fingerprint density at radius 1 is 1.08 bits per heavy atom. The van der Waals surface area contributed by atoms with E-state index < -0.39 is 8.70 Å². The molecule has 1 aromatic rings. The van der Waals surface area contributed by atoms with Crippen LogP contribution in [0.2, 0.25) is 0 Å². The van der Waals surface area contributed by atoms with Gasteiger partial charge in [0.1, 0.15) is 0 Å². The summed E-state index contributed by atoms with van der Waals surface area (Å²) in [5.41, 5.74) is 0.440. The van der Waals surface area contributed by atoms with Crippen molar-refractivity contribution in [3.8, 4) is 0 Å². The Balaban J connectivity index is 2.98. The Labute approximate surface area is 85.5 Å². The van der Waals surface area contributed by atoms with Crippen molar-refractivity contribution in [2.75, 3.05) is 0 Å². The van der Waals surface area contributed by atoms with Crippen molar-refractivity contribution in [3.05, 3.63) is 35.9 Å². The first-order valence-electron chi connectivity index (χ1n) is 3.10. The van der Waals surface area contributed by atoms with E-state index in [-0.39, 0.29) is 0 Å². The Kier molecular flexibility index (Phi) is 3.20. The fourth-order valence-electron chi connectivity index (χ4n) is 0.736. The van der Waals surface area contributed by atoms with Gasteiger partial charge in [-0.05, 0) is 37.4 Å². The molecule has 0 spiro atoms. The molecule has 66 valence electrons. The van der Waals surface area contributed by atoms with Crippen LogP contribution in [-0.4, -0.2) is 5.34 Å². The van der Waals surface area contributed by atoms with Crippen LogP contribution < -0.4 is 0 Å². The highest BCUT2D eigenvalue weighted by Crippen LogP contribution is 2.41. The average Bonchev–Trinajstić information content (AvgIpc) is 2.06. The van der Waals surface area contributed by atoms with Crippen molar-refractivity contribution >= 4 is 31.9 Å². The summed E-state index contributed by atoms with van der Waals surface area (Å²) in [6, 6.07) is 8.33. The lowest BCUT2D eigenvalue weighted by atomic mass is 10.2. The Hall–Kier alpha value is -0.000000000000000111. The third-order valence-corrected chi connectivity index (χ3v) is 2.79. The van der Waals surface area contributed by atoms with Gasteiger partial charge in [-0.1, -0.05) is 39.3 Å². The van der Waals surface area contributed by atoms with Crippen LogP contribution in [0.4, 0.5) is 8.96 Å². The first-order chi connectivity index (χ1) is 5.55. The van der Waals surface area contributed by atoms with Crippen LogP contribution in [0.3, 0.4) is 0 Å². The first kappa shape index (κ1) is 10.1. The molecule has 0 atom stereocenters. The molecular weight excluding hydrogens is 296 g/mol. The van der Waals surface area contributed by atoms with Gasteiger partial charge in [-0.3, -0.25) is 0 Å². The standard InChI is InChI=1S/C7H5Br2F2N/c8-7(9,12(10)11)6-4-2-1-3-5-6/h1-5H. The first-order valence-corrected chi connectivity index (χ1v) is 4.69. The predicted octanol–water partition coefficient (Wildman–Crippen LogP) is 3.66. The van der Waals surface area contributed by atoms with Crippen LogP contribution in [-0.2, 0) is 3.36 Å². The SMILES string of the molecule is FN(F)C(Br)(Br)c1ccccc1. The van der Waals surface area contributed by atoms with Crippen LogP contribution in [0.15, 0.2) is 30.3 Å². The van der Waals surface area contributed by atoms with E-state index in [4.69, 9.17) is 0 Å². The molecule has 0 aliphatic heterocycles. The summed E-state index contributed by atoms with van der Waals surface area (Å²) in [4.78, 5) is 0. The van der Waals surface area contributed by atoms with E-state index >= 15 is 0 Å². The smallest absolute Gasteiger partial charge is 0.0987 e. The van der Waals surface area contributed by atoms with E-state index in [1.54, 1.807) is 30.3 Å². The second-order valence-electron chi connectivity index (χ2n) is 2.14. The molecule has 0 heterocycles. The van der Waals surface area contributed by atoms with Crippen molar-refractivity contribution in [3.63, 3.8) is 0 Å². The molecule has 0 amide bonds. The number of alkyl halides is 2. The van der Waals surface area contributed by atoms with Crippen LogP contribution in [0.1, 0.15) is 5.56 Å². The molecule has 0 bridgehead atoms. The molecule has 1 rings (SSSR count). The highest BCUT2D eigenvalue weighted by Gasteiger charge is 2.34. The number of rotatable bonds is 2. The maximum atomic E-state index is 12.2. The molecule has 0 unspecified atom stereocenters. The number of nitrogens with zero attached hydrogens (tertiary/aromatic N) is 1. The fourth-order valence-corrected chi connectivity index (χ4v) is 1.26. The molecule has 0 saturated carbocycles. The maximum Gasteiger partial charge on any atom is 0.217 e. The van der Waals surface area contributed by atoms with E-state index in [0.717, 1.165) is 0 Å². The number of hydrogen-bond donors (Lipinski definition) is 0. The molecule has 1 aromatic carbocycles. The molecular formula is C7H5Br2F2N. The van der Waals surface area contributed by atoms with Crippen LogP contribution >= 0.6 is 31.9 Å². The zero-order chi connectivity index (χ0) is 9.19. The summed E-state index contributed by atoms with van der Waals surface area (Å²) in [7, 11) is 0. The second kappa shape index (κ2) is 3.81. The van der Waals surface area contributed by atoms with Gasteiger partial charge in [0.25, 0.3) is 0 Å². The third kappa shape index (κ3) is 2.02. The van der Waals surface area contributed by atoms with Gasteiger partial charge in [0.05, 0.1) is 5.34 Å². The quantitative estimate of drug-likeness (QED) is 0.458. The van der Waals surface area contributed by atoms with Gasteiger partial charge in [0.2, 0.25) is 3.36 Å². The summed E-state index contributed by atoms with van der Waals surface area (Å²) < 4.78 is 22.9. The summed E-state index contributed by atoms with van der Waals surface area (Å²) >= 11 is 5.69. The van der Waals surface area contributed by atoms with E-state index in [2.05, 4.69) is 31.9 Å². The zero-order valence-electron chi connectivity index (χ0n) is 5.85. The van der Waals surface area contributed by atoms with Gasteiger partial charge in [0.15, 0.2) is 0 Å². The van der Waals surface area contributed by atoms with Gasteiger partial charge < -0.3 is 0 Å². The Morgan fingerprint density at radius 3 is 2.00 bits per heavy atom. The minimum absolute atomic E-state index is 0.440. The summed E-state index contributed by atoms with van der Waals surface area (Å²) in [5.74, 6) is 0. The van der Waals surface area contributed by atoms with Crippen LogP contribution in [0.5, 0.6) is 0 Å². The summed E-state index contributed by atoms with van der Waals surface area (Å²) in [6.07, 6.45) is 0. The Bertz CT molecular complexity index is 251. The van der Waals surface area contributed by atoms with Crippen LogP contribution in [0.25, 0.3) is 0 Å². The number of halogens is 4. The molecule has 0 saturated heterocycles. The van der Waals surface area contributed by atoms with Crippen molar-refractivity contribution in [1.29, 1.82) is 0 Å². The van der Waals surface area contributed by atoms with Gasteiger partial charge in [-0.15, -0.1) is 0 Å². The largest absolute Gasteiger partial charge is 0.217 e. The normalized spacial score (nSPS) is 12.1. The van der Waals surface area contributed by atoms with Crippen molar-refractivity contribution < 1.29 is 8.96 Å². The van der Waals surface area contributed by atoms with Crippen LogP contribution in [0, 0.1) is 0 Å². The Morgan fingerprint density at radius 2 is 1.58 bits per heavy atom. The van der Waals surface area contributed by atoms with E-state index in [1.165, 1.54) is 0 Å². The topological polar surface area (TPSA) is 3.24 Å². The van der Waals surface area contributed by atoms with Gasteiger partial charge in [-0.2, -0.15) is 0 Å². The molecule has 0 aliphatic carbocycles. The third-order valence-electron chi connectivity index (χ3n) is 1.33. The summed E-state index contributed by atoms with van der Waals surface area (Å²) in [5, 5.41) is -0.942. The number of hydrogen-bond acceptors (Lipinski definition) is 1. The minimum atomic E-state index is -1.58. The van der Waals surface area contributed by atoms with Crippen molar-refractivity contribution in [2.24, 2.45) is 0 Å². The lowest BCUT2D eigenvalue weighted by Gasteiger charge is -2.19. The van der Waals surface area contributed by atoms with E-state index in [1.807, 2.05) is 0 Å². The highest BCUT2D eigenvalue weighted by atomic mass is 79.9. The molecule has 12 heavy (non-hydrogen) atoms. The molecule has 0 radical (unpaired) electrons. The molecule has 0 aliphatic rings. The van der Waals surface area contributed by atoms with Crippen molar-refractivity contribution in [2.45, 2.75) is 3.36 Å². The molecule has 0 fully saturated rings. The minimum Gasteiger partial charge on any atom is -0.0987 e. The zero-order valence-corrected chi connectivity index (χ0v) is 9.02. The average molecular weight is 301 g/mol. The fraction of sp³-hybridized carbons (Fsp3) is 0.143. The molecule has 0 N–H and O–H groups in total. The van der Waals surface area contributed by atoms with E-state index in [9.17, 15) is 8.96 Å². The molecule has 1 nitrogen and oxygen atoms in total. The maximum absolute atomic E-state index is 12.2. The summed E-state index contributed by atoms with van der Waals surface area (Å²) in [6.45, 7) is 0. The van der Waals surface area contributed by atoms with Gasteiger partial charge in [0, 0.05) is 0 Å².